The molecule has 0 radical (unpaired) electrons. The van der Waals surface area contributed by atoms with Crippen LogP contribution in [0.3, 0.4) is 0 Å². The molecular formula is C20H18ClN3O3S. The van der Waals surface area contributed by atoms with E-state index in [2.05, 4.69) is 15.6 Å². The molecule has 0 fully saturated rings. The van der Waals surface area contributed by atoms with Gasteiger partial charge in [0, 0.05) is 12.5 Å². The van der Waals surface area contributed by atoms with E-state index in [0.717, 1.165) is 11.1 Å². The molecule has 0 saturated heterocycles. The molecule has 8 heteroatoms. The molecule has 144 valence electrons. The van der Waals surface area contributed by atoms with Crippen LogP contribution < -0.4 is 15.4 Å². The summed E-state index contributed by atoms with van der Waals surface area (Å²) in [5, 5.41) is 6.82. The van der Waals surface area contributed by atoms with Crippen molar-refractivity contribution in [3.63, 3.8) is 0 Å². The van der Waals surface area contributed by atoms with Crippen LogP contribution in [0, 0.1) is 6.92 Å². The summed E-state index contributed by atoms with van der Waals surface area (Å²) >= 11 is 7.20. The molecule has 3 aromatic rings. The van der Waals surface area contributed by atoms with Gasteiger partial charge < -0.3 is 10.1 Å². The van der Waals surface area contributed by atoms with E-state index in [1.54, 1.807) is 24.3 Å². The Kier molecular flexibility index (Phi) is 6.28. The van der Waals surface area contributed by atoms with Crippen LogP contribution in [0.25, 0.3) is 11.3 Å². The Balaban J connectivity index is 1.74. The molecule has 1 heterocycles. The van der Waals surface area contributed by atoms with Gasteiger partial charge in [0.1, 0.15) is 16.4 Å². The second-order valence-corrected chi connectivity index (χ2v) is 7.42. The van der Waals surface area contributed by atoms with Gasteiger partial charge in [0.25, 0.3) is 5.91 Å². The van der Waals surface area contributed by atoms with Gasteiger partial charge in [-0.2, -0.15) is 0 Å². The lowest BCUT2D eigenvalue weighted by Gasteiger charge is -2.06. The molecule has 1 aromatic heterocycles. The Hall–Kier alpha value is -2.90. The number of hydrogen-bond acceptors (Lipinski definition) is 5. The van der Waals surface area contributed by atoms with Gasteiger partial charge in [-0.1, -0.05) is 64.9 Å². The minimum Gasteiger partial charge on any atom is -0.482 e. The Bertz CT molecular complexity index is 1000. The molecule has 28 heavy (non-hydrogen) atoms. The number of ether oxygens (including phenoxy) is 1. The average molecular weight is 416 g/mol. The highest BCUT2D eigenvalue weighted by atomic mass is 35.5. The third-order valence-electron chi connectivity index (χ3n) is 3.68. The predicted octanol–water partition coefficient (Wildman–Crippen LogP) is 4.75. The van der Waals surface area contributed by atoms with E-state index in [1.807, 2.05) is 31.2 Å². The molecule has 0 aliphatic heterocycles. The van der Waals surface area contributed by atoms with Crippen molar-refractivity contribution in [2.24, 2.45) is 0 Å². The van der Waals surface area contributed by atoms with Gasteiger partial charge in [-0.15, -0.1) is 0 Å². The normalized spacial score (nSPS) is 10.4. The van der Waals surface area contributed by atoms with E-state index in [-0.39, 0.29) is 18.4 Å². The second kappa shape index (κ2) is 8.86. The summed E-state index contributed by atoms with van der Waals surface area (Å²) < 4.78 is 5.43. The first-order chi connectivity index (χ1) is 13.4. The predicted molar refractivity (Wildman–Crippen MR) is 112 cm³/mol. The van der Waals surface area contributed by atoms with Gasteiger partial charge in [0.15, 0.2) is 11.7 Å². The SMILES string of the molecule is CC(=O)Nc1sc(NC(=O)COc2ccccc2Cl)nc1-c1ccc(C)cc1. The molecule has 0 bridgehead atoms. The standard InChI is InChI=1S/C20H18ClN3O3S/c1-12-7-9-14(10-8-12)18-19(22-13(2)25)28-20(24-18)23-17(26)11-27-16-6-4-3-5-15(16)21/h3-10H,11H2,1-2H3,(H,22,25)(H,23,24,26). The average Bonchev–Trinajstić information content (AvgIpc) is 3.03. The maximum absolute atomic E-state index is 12.2. The summed E-state index contributed by atoms with van der Waals surface area (Å²) in [5.41, 5.74) is 2.56. The first-order valence-corrected chi connectivity index (χ1v) is 9.64. The van der Waals surface area contributed by atoms with Crippen LogP contribution in [0.4, 0.5) is 10.1 Å². The number of anilines is 2. The maximum Gasteiger partial charge on any atom is 0.264 e. The molecule has 0 spiro atoms. The summed E-state index contributed by atoms with van der Waals surface area (Å²) in [6.07, 6.45) is 0. The van der Waals surface area contributed by atoms with Crippen LogP contribution in [0.15, 0.2) is 48.5 Å². The number of hydrogen-bond donors (Lipinski definition) is 2. The van der Waals surface area contributed by atoms with Gasteiger partial charge in [-0.05, 0) is 19.1 Å². The zero-order valence-corrected chi connectivity index (χ0v) is 16.9. The minimum absolute atomic E-state index is 0.210. The summed E-state index contributed by atoms with van der Waals surface area (Å²) in [7, 11) is 0. The Morgan fingerprint density at radius 1 is 1.11 bits per heavy atom. The molecule has 3 rings (SSSR count). The highest BCUT2D eigenvalue weighted by Gasteiger charge is 2.16. The van der Waals surface area contributed by atoms with Crippen molar-refractivity contribution in [1.29, 1.82) is 0 Å². The van der Waals surface area contributed by atoms with E-state index in [9.17, 15) is 9.59 Å². The number of carbonyl (C=O) groups excluding carboxylic acids is 2. The van der Waals surface area contributed by atoms with Gasteiger partial charge in [-0.25, -0.2) is 4.98 Å². The van der Waals surface area contributed by atoms with Crippen molar-refractivity contribution in [3.05, 3.63) is 59.1 Å². The number of thiazole rings is 1. The molecule has 2 aromatic carbocycles. The fourth-order valence-corrected chi connectivity index (χ4v) is 3.53. The maximum atomic E-state index is 12.2. The monoisotopic (exact) mass is 415 g/mol. The number of nitrogens with zero attached hydrogens (tertiary/aromatic N) is 1. The number of carbonyl (C=O) groups is 2. The quantitative estimate of drug-likeness (QED) is 0.608. The first-order valence-electron chi connectivity index (χ1n) is 8.45. The van der Waals surface area contributed by atoms with Crippen molar-refractivity contribution in [3.8, 4) is 17.0 Å². The van der Waals surface area contributed by atoms with Crippen molar-refractivity contribution in [1.82, 2.24) is 4.98 Å². The molecule has 0 saturated carbocycles. The third kappa shape index (κ3) is 5.09. The lowest BCUT2D eigenvalue weighted by Crippen LogP contribution is -2.20. The smallest absolute Gasteiger partial charge is 0.264 e. The lowest BCUT2D eigenvalue weighted by molar-refractivity contribution is -0.118. The zero-order chi connectivity index (χ0) is 20.1. The molecule has 0 unspecified atom stereocenters. The number of aromatic nitrogens is 1. The summed E-state index contributed by atoms with van der Waals surface area (Å²) in [6.45, 7) is 3.21. The van der Waals surface area contributed by atoms with Gasteiger partial charge in [0.05, 0.1) is 5.02 Å². The minimum atomic E-state index is -0.376. The van der Waals surface area contributed by atoms with Crippen LogP contribution in [-0.4, -0.2) is 23.4 Å². The fourth-order valence-electron chi connectivity index (χ4n) is 2.39. The molecular weight excluding hydrogens is 398 g/mol. The molecule has 6 nitrogen and oxygen atoms in total. The first kappa shape index (κ1) is 19.9. The van der Waals surface area contributed by atoms with Crippen molar-refractivity contribution in [2.75, 3.05) is 17.2 Å². The topological polar surface area (TPSA) is 80.3 Å². The number of nitrogens with one attached hydrogen (secondary N) is 2. The Morgan fingerprint density at radius 3 is 2.50 bits per heavy atom. The van der Waals surface area contributed by atoms with Crippen LogP contribution >= 0.6 is 22.9 Å². The van der Waals surface area contributed by atoms with Crippen LogP contribution in [-0.2, 0) is 9.59 Å². The van der Waals surface area contributed by atoms with Gasteiger partial charge in [0.2, 0.25) is 5.91 Å². The van der Waals surface area contributed by atoms with Crippen molar-refractivity contribution < 1.29 is 14.3 Å². The van der Waals surface area contributed by atoms with E-state index < -0.39 is 0 Å². The Morgan fingerprint density at radius 2 is 1.82 bits per heavy atom. The number of halogens is 1. The molecule has 0 aliphatic rings. The number of rotatable bonds is 6. The van der Waals surface area contributed by atoms with E-state index in [0.29, 0.717) is 26.6 Å². The fraction of sp³-hybridized carbons (Fsp3) is 0.150. The van der Waals surface area contributed by atoms with E-state index >= 15 is 0 Å². The number of benzene rings is 2. The second-order valence-electron chi connectivity index (χ2n) is 6.01. The third-order valence-corrected chi connectivity index (χ3v) is 4.88. The highest BCUT2D eigenvalue weighted by molar-refractivity contribution is 7.20. The molecule has 0 atom stereocenters. The van der Waals surface area contributed by atoms with Gasteiger partial charge in [-0.3, -0.25) is 14.9 Å². The van der Waals surface area contributed by atoms with Crippen LogP contribution in [0.2, 0.25) is 5.02 Å². The molecule has 2 amide bonds. The van der Waals surface area contributed by atoms with E-state index in [4.69, 9.17) is 16.3 Å². The number of para-hydroxylation sites is 1. The van der Waals surface area contributed by atoms with Gasteiger partial charge >= 0.3 is 0 Å². The summed E-state index contributed by atoms with van der Waals surface area (Å²) in [6, 6.07) is 14.7. The van der Waals surface area contributed by atoms with Crippen LogP contribution in [0.5, 0.6) is 5.75 Å². The largest absolute Gasteiger partial charge is 0.482 e. The summed E-state index contributed by atoms with van der Waals surface area (Å²) in [4.78, 5) is 28.2. The van der Waals surface area contributed by atoms with E-state index in [1.165, 1.54) is 18.3 Å². The van der Waals surface area contributed by atoms with Crippen molar-refractivity contribution in [2.45, 2.75) is 13.8 Å². The zero-order valence-electron chi connectivity index (χ0n) is 15.3. The molecule has 0 aliphatic carbocycles. The van der Waals surface area contributed by atoms with Crippen molar-refractivity contribution >= 4 is 44.9 Å². The number of aryl methyl sites for hydroxylation is 1. The summed E-state index contributed by atoms with van der Waals surface area (Å²) in [5.74, 6) is -0.159. The molecule has 2 N–H and O–H groups in total. The number of amides is 2. The lowest BCUT2D eigenvalue weighted by atomic mass is 10.1. The Labute approximate surface area is 171 Å². The van der Waals surface area contributed by atoms with Crippen LogP contribution in [0.1, 0.15) is 12.5 Å². The highest BCUT2D eigenvalue weighted by Crippen LogP contribution is 2.36.